The molecular weight excluding hydrogens is 2720 g/mol. The number of pyridine rings is 4. The molecule has 150 heavy (non-hydrogen) atoms. The molecule has 0 fully saturated rings. The summed E-state index contributed by atoms with van der Waals surface area (Å²) in [5.74, 6) is 4.55. The van der Waals surface area contributed by atoms with E-state index in [0.717, 1.165) is 89.7 Å². The molecule has 758 valence electrons. The predicted molar refractivity (Wildman–Crippen MR) is 585 cm³/mol. The minimum absolute atomic E-state index is 0.344. The van der Waals surface area contributed by atoms with Gasteiger partial charge >= 0.3 is 113 Å². The second kappa shape index (κ2) is 46.7. The Kier molecular flexibility index (Phi) is 32.2. The van der Waals surface area contributed by atoms with E-state index in [9.17, 15) is 8.42 Å². The molecule has 0 unspecified atom stereocenters. The van der Waals surface area contributed by atoms with E-state index in [1.54, 1.807) is 124 Å². The molecule has 0 saturated heterocycles. The van der Waals surface area contributed by atoms with Crippen molar-refractivity contribution < 1.29 is 107 Å². The van der Waals surface area contributed by atoms with Crippen LogP contribution in [0.2, 0.25) is 0 Å². The van der Waals surface area contributed by atoms with E-state index in [-0.39, 0.29) is 5.41 Å². The molecule has 1 spiro atoms. The number of para-hydroxylation sites is 1. The van der Waals surface area contributed by atoms with Gasteiger partial charge in [0.25, 0.3) is 0 Å². The van der Waals surface area contributed by atoms with E-state index in [1.807, 2.05) is 242 Å². The average molecular weight is 2800 g/mol. The number of fused-ring (bicyclic) bond motifs is 19. The third-order valence-corrected chi connectivity index (χ3v) is 29.0. The number of furan rings is 1. The van der Waals surface area contributed by atoms with E-state index in [0.29, 0.717) is 56.3 Å². The Labute approximate surface area is 935 Å². The van der Waals surface area contributed by atoms with Gasteiger partial charge in [-0.05, 0) is 187 Å². The van der Waals surface area contributed by atoms with Crippen LogP contribution in [0.4, 0.5) is 22.7 Å². The van der Waals surface area contributed by atoms with Crippen molar-refractivity contribution in [3.63, 3.8) is 0 Å². The van der Waals surface area contributed by atoms with Gasteiger partial charge in [0.2, 0.25) is 33.4 Å². The van der Waals surface area contributed by atoms with E-state index >= 15 is 0 Å². The molecule has 2 aliphatic carbocycles. The SMILES string of the molecule is CN1[CH-]N(c2[c-]c(Oc3ccccn3)ccc2)C=C1c1ccc2c(c1)C1(c3ccccc3-c3ccccc31)c1ccccc1-2.CN1[CH-]N(c2[c-]c(Oc3ccccn3)ccc2)C=C1c1ccc2c(c1)S(=O)(=O)c1ccccc1-2.CN1[CH-]N(c2[c-]c(Oc3ccccn3)ccc2)C=C1c1ccc2c(c1)oc1ccccc12.CN1[CH-]N(c2[c-]c(Oc3ccccn3)ccc2)C=C1c1ccc2c(c1)sc1ccccc12.[Cl][Pt].[Cl][Pt].[Cl][Pt].[Cl][Pt]. The molecule has 6 aromatic heterocycles. The molecule has 0 saturated carbocycles. The van der Waals surface area contributed by atoms with Crippen molar-refractivity contribution in [2.75, 3.05) is 47.8 Å². The van der Waals surface area contributed by atoms with E-state index < -0.39 is 9.84 Å². The molecule has 19 nitrogen and oxygen atoms in total. The molecule has 27 rings (SSSR count). The normalized spacial score (nSPS) is 14.0. The zero-order chi connectivity index (χ0) is 104. The molecule has 14 aromatic carbocycles. The van der Waals surface area contributed by atoms with Crippen molar-refractivity contribution in [3.8, 4) is 79.9 Å². The van der Waals surface area contributed by atoms with Crippen molar-refractivity contribution >= 4 is 146 Å². The molecule has 0 atom stereocenters. The third-order valence-electron chi connectivity index (χ3n) is 26.0. The number of ether oxygens (including phenoxy) is 4. The summed E-state index contributed by atoms with van der Waals surface area (Å²) in [5.41, 5.74) is 25.5. The minimum atomic E-state index is -3.53. The number of hydrogen-bond donors (Lipinski definition) is 0. The zero-order valence-electron chi connectivity index (χ0n) is 79.9. The van der Waals surface area contributed by atoms with Crippen LogP contribution in [0, 0.1) is 50.9 Å². The van der Waals surface area contributed by atoms with Gasteiger partial charge in [-0.2, -0.15) is 50.9 Å². The molecule has 0 bridgehead atoms. The molecule has 0 N–H and O–H groups in total. The summed E-state index contributed by atoms with van der Waals surface area (Å²) in [7, 11) is 23.0. The van der Waals surface area contributed by atoms with Crippen molar-refractivity contribution in [3.05, 3.63) is 509 Å². The van der Waals surface area contributed by atoms with Crippen LogP contribution in [0.5, 0.6) is 46.5 Å². The predicted octanol–water partition coefficient (Wildman–Crippen LogP) is 30.3. The van der Waals surface area contributed by atoms with E-state index in [4.69, 9.17) is 23.4 Å². The monoisotopic (exact) mass is 2800 g/mol. The number of rotatable bonds is 16. The summed E-state index contributed by atoms with van der Waals surface area (Å²) in [5, 5.41) is 4.89. The van der Waals surface area contributed by atoms with E-state index in [1.165, 1.54) is 75.8 Å². The Balaban J connectivity index is 0.000000119. The fourth-order valence-corrected chi connectivity index (χ4v) is 22.4. The summed E-state index contributed by atoms with van der Waals surface area (Å²) in [6.07, 6.45) is 15.1. The van der Waals surface area contributed by atoms with Crippen LogP contribution in [-0.4, -0.2) is 76.1 Å². The summed E-state index contributed by atoms with van der Waals surface area (Å²) in [6.45, 7) is 8.08. The fraction of sp³-hybridized carbons (Fsp3) is 0.0413. The van der Waals surface area contributed by atoms with Crippen molar-refractivity contribution in [1.29, 1.82) is 0 Å². The van der Waals surface area contributed by atoms with Crippen LogP contribution < -0.4 is 38.5 Å². The molecule has 7 aliphatic rings. The van der Waals surface area contributed by atoms with Crippen molar-refractivity contribution in [2.45, 2.75) is 15.2 Å². The van der Waals surface area contributed by atoms with Crippen molar-refractivity contribution in [2.24, 2.45) is 0 Å². The zero-order valence-corrected chi connectivity index (χ0v) is 93.6. The van der Waals surface area contributed by atoms with Crippen LogP contribution in [0.1, 0.15) is 44.5 Å². The quantitative estimate of drug-likeness (QED) is 0.0839. The number of halogens is 4. The Morgan fingerprint density at radius 2 is 0.613 bits per heavy atom. The third kappa shape index (κ3) is 21.0. The van der Waals surface area contributed by atoms with Gasteiger partial charge in [0.1, 0.15) is 11.2 Å². The van der Waals surface area contributed by atoms with Gasteiger partial charge in [-0.15, -0.1) is 107 Å². The van der Waals surface area contributed by atoms with Gasteiger partial charge in [-0.1, -0.05) is 194 Å². The summed E-state index contributed by atoms with van der Waals surface area (Å²) in [4.78, 5) is 34.1. The summed E-state index contributed by atoms with van der Waals surface area (Å²) >= 11 is 8.28. The molecule has 29 heteroatoms. The molecule has 20 aromatic rings. The molecule has 11 heterocycles. The van der Waals surface area contributed by atoms with Gasteiger partial charge in [0, 0.05) is 142 Å². The summed E-state index contributed by atoms with van der Waals surface area (Å²) in [6, 6.07) is 135. The Morgan fingerprint density at radius 1 is 0.293 bits per heavy atom. The topological polar surface area (TPSA) is 162 Å². The molecule has 5 aliphatic heterocycles. The second-order valence-electron chi connectivity index (χ2n) is 34.7. The first-order valence-electron chi connectivity index (χ1n) is 46.7. The first kappa shape index (κ1) is 103. The first-order chi connectivity index (χ1) is 73.7. The second-order valence-corrected chi connectivity index (χ2v) is 37.7. The van der Waals surface area contributed by atoms with E-state index in [2.05, 4.69) is 310 Å². The standard InChI is InChI=1S/C40H27N3O.C27H19N3O3S.C27H19N3O2.C27H19N3OS.4ClH.4Pt/c1-42-26-43(28-11-10-12-29(24-28)44-39-19-8-9-22-41-39)25-38(42)27-20-21-33-32-15-4-7-18-36(32)40(37(33)23-27)34-16-5-2-13-30(34)31-14-3-6-17-35(31)40;1-29-18-30(20-7-6-8-21(16-20)33-27-11-4-5-14-28-27)17-24(29)19-12-13-23-22-9-2-3-10-25(22)34(31,32)26(23)15-19;2*1-29-18-30(20-7-6-8-21(16-20)31-27-11-4-5-14-28-27)17-24(29)19-12-13-23-22-9-2-3-10-25(22)32-26(23)15-19;;;;;;;;/h2-23,25-26H,1H3;2-15,17-18H,1H3;2*2-15,17-18H,1H3;4*1H;;;;/q4*-2;;;;;4*+1/p-4. The van der Waals surface area contributed by atoms with Gasteiger partial charge < -0.3 is 62.6 Å². The number of nitrogens with zero attached hydrogens (tertiary/aromatic N) is 12. The number of sulfone groups is 1. The van der Waals surface area contributed by atoms with Crippen LogP contribution >= 0.6 is 49.0 Å². The fourth-order valence-electron chi connectivity index (χ4n) is 19.5. The number of hydrogen-bond acceptors (Lipinski definition) is 20. The molecule has 0 amide bonds. The van der Waals surface area contributed by atoms with Gasteiger partial charge in [0.15, 0.2) is 0 Å². The Bertz CT molecular complexity index is 8320. The maximum atomic E-state index is 13.1. The van der Waals surface area contributed by atoms with Crippen LogP contribution in [0.3, 0.4) is 0 Å². The summed E-state index contributed by atoms with van der Waals surface area (Å²) < 4.78 is 58.4. The first-order valence-corrected chi connectivity index (χ1v) is 60.3. The Morgan fingerprint density at radius 3 is 1.04 bits per heavy atom. The number of aromatic nitrogens is 4. The van der Waals surface area contributed by atoms with Crippen LogP contribution in [-0.2, 0) is 90.3 Å². The van der Waals surface area contributed by atoms with Crippen LogP contribution in [0.15, 0.2) is 428 Å². The Hall–Kier alpha value is -13.9. The van der Waals surface area contributed by atoms with Crippen molar-refractivity contribution in [1.82, 2.24) is 39.5 Å². The number of benzene rings is 14. The van der Waals surface area contributed by atoms with Gasteiger partial charge in [0.05, 0.1) is 15.2 Å². The average Bonchev–Trinajstić information content (AvgIpc) is 1.50. The maximum absolute atomic E-state index is 13.1. The number of anilines is 4. The molecular formula is C121H84Cl4N12O7Pt4S2-8. The van der Waals surface area contributed by atoms with Gasteiger partial charge in [-0.3, -0.25) is 0 Å². The number of thiophene rings is 1. The van der Waals surface area contributed by atoms with Crippen LogP contribution in [0.25, 0.3) is 98.3 Å². The van der Waals surface area contributed by atoms with Gasteiger partial charge in [-0.25, -0.2) is 28.4 Å². The molecule has 0 radical (unpaired) electrons.